The van der Waals surface area contributed by atoms with Crippen LogP contribution in [0.1, 0.15) is 57.2 Å². The van der Waals surface area contributed by atoms with E-state index in [0.29, 0.717) is 39.5 Å². The molecule has 0 unspecified atom stereocenters. The molecule has 1 amide bonds. The van der Waals surface area contributed by atoms with E-state index in [4.69, 9.17) is 9.72 Å². The van der Waals surface area contributed by atoms with Crippen LogP contribution in [0.15, 0.2) is 24.5 Å². The average molecular weight is 489 g/mol. The number of carbonyl (C=O) groups is 1. The summed E-state index contributed by atoms with van der Waals surface area (Å²) in [6.45, 7) is 6.81. The van der Waals surface area contributed by atoms with Crippen LogP contribution in [-0.4, -0.2) is 54.1 Å². The number of fused-ring (bicyclic) bond motifs is 2. The molecule has 0 bridgehead atoms. The molecule has 1 aliphatic rings. The summed E-state index contributed by atoms with van der Waals surface area (Å²) in [5.74, 6) is 0.230. The number of aryl methyl sites for hydroxylation is 1. The predicted octanol–water partition coefficient (Wildman–Crippen LogP) is 5.40. The number of hydrogen-bond acceptors (Lipinski definition) is 6. The van der Waals surface area contributed by atoms with E-state index in [-0.39, 0.29) is 17.6 Å². The molecule has 34 heavy (non-hydrogen) atoms. The second kappa shape index (κ2) is 8.30. The summed E-state index contributed by atoms with van der Waals surface area (Å²) in [4.78, 5) is 19.5. The predicted molar refractivity (Wildman–Crippen MR) is 125 cm³/mol. The van der Waals surface area contributed by atoms with E-state index >= 15 is 0 Å². The van der Waals surface area contributed by atoms with Crippen molar-refractivity contribution in [2.24, 2.45) is 7.05 Å². The number of alkyl halides is 2. The zero-order valence-electron chi connectivity index (χ0n) is 19.5. The van der Waals surface area contributed by atoms with Crippen molar-refractivity contribution < 1.29 is 18.3 Å². The first-order valence-electron chi connectivity index (χ1n) is 11.2. The van der Waals surface area contributed by atoms with E-state index in [0.717, 1.165) is 18.5 Å². The summed E-state index contributed by atoms with van der Waals surface area (Å²) >= 11 is 1.37. The Kier molecular flexibility index (Phi) is 5.54. The SMILES string of the molecule is Cn1cc2cc(-c3nn4cc(C5CCN(C(=O)OC(C)(C)C)CC5)nc4s3)cc(C(F)F)c2n1. The third kappa shape index (κ3) is 4.36. The van der Waals surface area contributed by atoms with Crippen LogP contribution < -0.4 is 0 Å². The Morgan fingerprint density at radius 2 is 1.91 bits per heavy atom. The molecule has 0 N–H and O–H groups in total. The number of halogens is 2. The maximum atomic E-state index is 13.6. The van der Waals surface area contributed by atoms with Crippen molar-refractivity contribution in [2.75, 3.05) is 13.1 Å². The maximum absolute atomic E-state index is 13.6. The summed E-state index contributed by atoms with van der Waals surface area (Å²) in [5, 5.41) is 10.1. The van der Waals surface area contributed by atoms with E-state index in [1.165, 1.54) is 22.1 Å². The quantitative estimate of drug-likeness (QED) is 0.386. The van der Waals surface area contributed by atoms with Crippen LogP contribution in [0, 0.1) is 0 Å². The molecule has 4 aromatic rings. The summed E-state index contributed by atoms with van der Waals surface area (Å²) in [5.41, 5.74) is 1.26. The van der Waals surface area contributed by atoms with Crippen LogP contribution in [0.5, 0.6) is 0 Å². The van der Waals surface area contributed by atoms with Crippen LogP contribution in [0.25, 0.3) is 26.4 Å². The minimum atomic E-state index is -2.63. The minimum Gasteiger partial charge on any atom is -0.444 e. The molecule has 1 aromatic carbocycles. The molecule has 0 atom stereocenters. The number of carbonyl (C=O) groups excluding carboxylic acids is 1. The van der Waals surface area contributed by atoms with Gasteiger partial charge in [-0.2, -0.15) is 10.2 Å². The summed E-state index contributed by atoms with van der Waals surface area (Å²) < 4.78 is 36.0. The van der Waals surface area contributed by atoms with Crippen LogP contribution in [0.3, 0.4) is 0 Å². The Hall–Kier alpha value is -3.08. The molecule has 3 aromatic heterocycles. The molecule has 4 heterocycles. The van der Waals surface area contributed by atoms with Crippen LogP contribution in [-0.2, 0) is 11.8 Å². The Morgan fingerprint density at radius 3 is 2.56 bits per heavy atom. The first-order valence-corrected chi connectivity index (χ1v) is 12.0. The molecule has 1 saturated heterocycles. The van der Waals surface area contributed by atoms with Crippen molar-refractivity contribution in [1.29, 1.82) is 0 Å². The molecule has 180 valence electrons. The van der Waals surface area contributed by atoms with Crippen LogP contribution in [0.4, 0.5) is 13.6 Å². The molecule has 8 nitrogen and oxygen atoms in total. The highest BCUT2D eigenvalue weighted by Crippen LogP contribution is 2.35. The van der Waals surface area contributed by atoms with Gasteiger partial charge in [-0.15, -0.1) is 0 Å². The van der Waals surface area contributed by atoms with Crippen molar-refractivity contribution in [3.05, 3.63) is 35.8 Å². The lowest BCUT2D eigenvalue weighted by atomic mass is 9.94. The highest BCUT2D eigenvalue weighted by molar-refractivity contribution is 7.19. The van der Waals surface area contributed by atoms with Gasteiger partial charge in [0.15, 0.2) is 0 Å². The Morgan fingerprint density at radius 1 is 1.18 bits per heavy atom. The topological polar surface area (TPSA) is 77.5 Å². The molecule has 0 radical (unpaired) electrons. The van der Waals surface area contributed by atoms with Gasteiger partial charge in [-0.3, -0.25) is 4.68 Å². The number of amides is 1. The monoisotopic (exact) mass is 488 g/mol. The number of rotatable bonds is 3. The second-order valence-electron chi connectivity index (χ2n) is 9.65. The fourth-order valence-electron chi connectivity index (χ4n) is 4.29. The molecule has 1 aliphatic heterocycles. The number of nitrogens with zero attached hydrogens (tertiary/aromatic N) is 6. The van der Waals surface area contributed by atoms with Gasteiger partial charge in [-0.25, -0.2) is 23.1 Å². The van der Waals surface area contributed by atoms with Gasteiger partial charge in [0, 0.05) is 48.8 Å². The number of piperidine rings is 1. The van der Waals surface area contributed by atoms with Crippen LogP contribution in [0.2, 0.25) is 0 Å². The first-order chi connectivity index (χ1) is 16.1. The zero-order chi connectivity index (χ0) is 24.2. The van der Waals surface area contributed by atoms with E-state index in [2.05, 4.69) is 10.2 Å². The lowest BCUT2D eigenvalue weighted by molar-refractivity contribution is 0.0204. The minimum absolute atomic E-state index is 0.0987. The van der Waals surface area contributed by atoms with Gasteiger partial charge >= 0.3 is 6.09 Å². The van der Waals surface area contributed by atoms with Gasteiger partial charge in [-0.1, -0.05) is 11.3 Å². The number of likely N-dealkylation sites (tertiary alicyclic amines) is 1. The lowest BCUT2D eigenvalue weighted by Gasteiger charge is -2.32. The Labute approximate surface area is 199 Å². The number of aromatic nitrogens is 5. The van der Waals surface area contributed by atoms with Crippen molar-refractivity contribution in [3.63, 3.8) is 0 Å². The fraction of sp³-hybridized carbons (Fsp3) is 0.478. The van der Waals surface area contributed by atoms with Crippen molar-refractivity contribution in [3.8, 4) is 10.6 Å². The first kappa shape index (κ1) is 22.7. The van der Waals surface area contributed by atoms with Gasteiger partial charge < -0.3 is 9.64 Å². The molecular weight excluding hydrogens is 462 g/mol. The molecule has 11 heteroatoms. The number of hydrogen-bond donors (Lipinski definition) is 0. The van der Waals surface area contributed by atoms with Crippen molar-refractivity contribution in [1.82, 2.24) is 29.3 Å². The Bertz CT molecular complexity index is 1330. The molecule has 1 fully saturated rings. The summed E-state index contributed by atoms with van der Waals surface area (Å²) in [6.07, 6.45) is 2.32. The summed E-state index contributed by atoms with van der Waals surface area (Å²) in [6, 6.07) is 3.30. The Balaban J connectivity index is 1.34. The second-order valence-corrected chi connectivity index (χ2v) is 10.6. The number of imidazole rings is 1. The average Bonchev–Trinajstić information content (AvgIpc) is 3.43. The highest BCUT2D eigenvalue weighted by Gasteiger charge is 2.29. The van der Waals surface area contributed by atoms with Gasteiger partial charge in [0.05, 0.1) is 11.9 Å². The highest BCUT2D eigenvalue weighted by atomic mass is 32.1. The number of ether oxygens (including phenoxy) is 1. The smallest absolute Gasteiger partial charge is 0.410 e. The van der Waals surface area contributed by atoms with Gasteiger partial charge in [0.2, 0.25) is 4.96 Å². The van der Waals surface area contributed by atoms with Crippen molar-refractivity contribution in [2.45, 2.75) is 51.6 Å². The van der Waals surface area contributed by atoms with E-state index in [9.17, 15) is 13.6 Å². The molecule has 0 aliphatic carbocycles. The third-order valence-corrected chi connectivity index (χ3v) is 6.83. The molecule has 0 saturated carbocycles. The van der Waals surface area contributed by atoms with E-state index in [1.54, 1.807) is 22.7 Å². The van der Waals surface area contributed by atoms with Gasteiger partial charge in [0.25, 0.3) is 6.43 Å². The summed E-state index contributed by atoms with van der Waals surface area (Å²) in [7, 11) is 1.71. The molecule has 0 spiro atoms. The van der Waals surface area contributed by atoms with Gasteiger partial charge in [0.1, 0.15) is 16.1 Å². The fourth-order valence-corrected chi connectivity index (χ4v) is 5.16. The largest absolute Gasteiger partial charge is 0.444 e. The van der Waals surface area contributed by atoms with Crippen LogP contribution >= 0.6 is 11.3 Å². The third-order valence-electron chi connectivity index (χ3n) is 5.86. The lowest BCUT2D eigenvalue weighted by Crippen LogP contribution is -2.41. The number of benzene rings is 1. The molecule has 5 rings (SSSR count). The zero-order valence-corrected chi connectivity index (χ0v) is 20.3. The molecular formula is C23H26F2N6O2S. The van der Waals surface area contributed by atoms with E-state index < -0.39 is 12.0 Å². The standard InChI is InChI=1S/C23H26F2N6O2S/c1-23(2,3)33-22(32)30-7-5-13(6-8-30)17-12-31-21(26-17)34-20(28-31)14-9-15-11-29(4)27-18(15)16(10-14)19(24)25/h9-13,19H,5-8H2,1-4H3. The normalized spacial score (nSPS) is 15.7. The van der Waals surface area contributed by atoms with E-state index in [1.807, 2.05) is 33.0 Å². The maximum Gasteiger partial charge on any atom is 0.410 e. The van der Waals surface area contributed by atoms with Crippen molar-refractivity contribution >= 4 is 33.3 Å². The van der Waals surface area contributed by atoms with Gasteiger partial charge in [-0.05, 0) is 45.7 Å².